The van der Waals surface area contributed by atoms with E-state index < -0.39 is 0 Å². The third-order valence-corrected chi connectivity index (χ3v) is 5.33. The fourth-order valence-corrected chi connectivity index (χ4v) is 3.80. The molecular weight excluding hydrogens is 242 g/mol. The van der Waals surface area contributed by atoms with Crippen LogP contribution in [0.1, 0.15) is 69.9 Å². The summed E-state index contributed by atoms with van der Waals surface area (Å²) >= 11 is 0. The molecule has 0 heterocycles. The van der Waals surface area contributed by atoms with E-state index in [-0.39, 0.29) is 0 Å². The topological polar surface area (TPSA) is 12.0 Å². The van der Waals surface area contributed by atoms with E-state index in [1.807, 2.05) is 0 Å². The molecule has 0 amide bonds. The largest absolute Gasteiger partial charge is 0.307 e. The molecule has 0 spiro atoms. The van der Waals surface area contributed by atoms with E-state index in [2.05, 4.69) is 42.6 Å². The first-order valence-corrected chi connectivity index (χ1v) is 8.67. The van der Waals surface area contributed by atoms with Gasteiger partial charge in [-0.3, -0.25) is 0 Å². The van der Waals surface area contributed by atoms with Gasteiger partial charge >= 0.3 is 0 Å². The summed E-state index contributed by atoms with van der Waals surface area (Å²) in [6.45, 7) is 2.36. The van der Waals surface area contributed by atoms with Gasteiger partial charge in [-0.15, -0.1) is 0 Å². The summed E-state index contributed by atoms with van der Waals surface area (Å²) in [4.78, 5) is 0. The molecule has 0 aromatic heterocycles. The molecule has 0 bridgehead atoms. The molecule has 0 saturated heterocycles. The zero-order valence-electron chi connectivity index (χ0n) is 12.9. The second-order valence-corrected chi connectivity index (χ2v) is 6.87. The second kappa shape index (κ2) is 6.76. The first-order valence-electron chi connectivity index (χ1n) is 8.67. The smallest absolute Gasteiger partial charge is 0.0351 e. The Morgan fingerprint density at radius 3 is 2.50 bits per heavy atom. The maximum atomic E-state index is 4.02. The minimum absolute atomic E-state index is 0.611. The quantitative estimate of drug-likeness (QED) is 0.736. The lowest BCUT2D eigenvalue weighted by molar-refractivity contribution is 0.366. The number of nitrogens with one attached hydrogen (secondary N) is 1. The molecule has 3 rings (SSSR count). The minimum atomic E-state index is 0.611. The fraction of sp³-hybridized carbons (Fsp3) is 0.684. The van der Waals surface area contributed by atoms with Crippen LogP contribution < -0.4 is 5.32 Å². The van der Waals surface area contributed by atoms with Crippen LogP contribution in [-0.2, 0) is 0 Å². The van der Waals surface area contributed by atoms with Crippen molar-refractivity contribution in [2.45, 2.75) is 70.4 Å². The zero-order chi connectivity index (χ0) is 13.8. The summed E-state index contributed by atoms with van der Waals surface area (Å²) in [5, 5.41) is 4.02. The van der Waals surface area contributed by atoms with E-state index in [0.29, 0.717) is 6.04 Å². The lowest BCUT2D eigenvalue weighted by atomic mass is 9.97. The highest BCUT2D eigenvalue weighted by atomic mass is 15.0. The monoisotopic (exact) mass is 271 g/mol. The van der Waals surface area contributed by atoms with E-state index in [1.165, 1.54) is 56.9 Å². The van der Waals surface area contributed by atoms with Gasteiger partial charge in [0.15, 0.2) is 0 Å². The molecule has 3 unspecified atom stereocenters. The van der Waals surface area contributed by atoms with E-state index in [4.69, 9.17) is 0 Å². The van der Waals surface area contributed by atoms with Crippen LogP contribution in [0.15, 0.2) is 30.3 Å². The average molecular weight is 271 g/mol. The van der Waals surface area contributed by atoms with Crippen molar-refractivity contribution < 1.29 is 0 Å². The lowest BCUT2D eigenvalue weighted by Gasteiger charge is -2.25. The van der Waals surface area contributed by atoms with Crippen LogP contribution in [0, 0.1) is 11.8 Å². The van der Waals surface area contributed by atoms with Crippen molar-refractivity contribution >= 4 is 0 Å². The molecule has 20 heavy (non-hydrogen) atoms. The van der Waals surface area contributed by atoms with Crippen molar-refractivity contribution in [2.24, 2.45) is 11.8 Å². The molecule has 2 aliphatic carbocycles. The summed E-state index contributed by atoms with van der Waals surface area (Å²) in [6, 6.07) is 12.5. The molecular formula is C19H29N. The van der Waals surface area contributed by atoms with Gasteiger partial charge in [-0.25, -0.2) is 0 Å². The van der Waals surface area contributed by atoms with Gasteiger partial charge in [-0.2, -0.15) is 0 Å². The standard InChI is InChI=1S/C19H29N/c1-2-15-7-6-10-18(14-11-15)20-19(17-12-13-17)16-8-4-3-5-9-16/h3-5,8-9,15,17-20H,2,6-7,10-14H2,1H3. The third kappa shape index (κ3) is 3.63. The molecule has 2 saturated carbocycles. The molecule has 0 radical (unpaired) electrons. The number of benzene rings is 1. The summed E-state index contributed by atoms with van der Waals surface area (Å²) in [6.07, 6.45) is 11.3. The van der Waals surface area contributed by atoms with E-state index in [9.17, 15) is 0 Å². The van der Waals surface area contributed by atoms with Crippen LogP contribution in [0.2, 0.25) is 0 Å². The molecule has 1 nitrogen and oxygen atoms in total. The maximum Gasteiger partial charge on any atom is 0.0351 e. The molecule has 1 aromatic carbocycles. The average Bonchev–Trinajstić information content (AvgIpc) is 3.33. The highest BCUT2D eigenvalue weighted by Crippen LogP contribution is 2.42. The van der Waals surface area contributed by atoms with Crippen LogP contribution in [-0.4, -0.2) is 6.04 Å². The van der Waals surface area contributed by atoms with Gasteiger partial charge in [0.25, 0.3) is 0 Å². The molecule has 1 heteroatoms. The SMILES string of the molecule is CCC1CCCC(NC(c2ccccc2)C2CC2)CC1. The van der Waals surface area contributed by atoms with Gasteiger partial charge in [0.05, 0.1) is 0 Å². The summed E-state index contributed by atoms with van der Waals surface area (Å²) in [5.41, 5.74) is 1.51. The Balaban J connectivity index is 1.62. The van der Waals surface area contributed by atoms with Gasteiger partial charge in [0, 0.05) is 12.1 Å². The van der Waals surface area contributed by atoms with Gasteiger partial charge in [0.2, 0.25) is 0 Å². The van der Waals surface area contributed by atoms with Crippen LogP contribution in [0.3, 0.4) is 0 Å². The van der Waals surface area contributed by atoms with Crippen LogP contribution in [0.25, 0.3) is 0 Å². The number of hydrogen-bond donors (Lipinski definition) is 1. The van der Waals surface area contributed by atoms with Crippen LogP contribution >= 0.6 is 0 Å². The van der Waals surface area contributed by atoms with E-state index >= 15 is 0 Å². The van der Waals surface area contributed by atoms with Gasteiger partial charge in [0.1, 0.15) is 0 Å². The predicted octanol–water partition coefficient (Wildman–Crippen LogP) is 5.09. The number of hydrogen-bond acceptors (Lipinski definition) is 1. The Hall–Kier alpha value is -0.820. The van der Waals surface area contributed by atoms with E-state index in [1.54, 1.807) is 0 Å². The molecule has 3 atom stereocenters. The fourth-order valence-electron chi connectivity index (χ4n) is 3.80. The van der Waals surface area contributed by atoms with Crippen LogP contribution in [0.5, 0.6) is 0 Å². The third-order valence-electron chi connectivity index (χ3n) is 5.33. The van der Waals surface area contributed by atoms with Crippen molar-refractivity contribution in [2.75, 3.05) is 0 Å². The minimum Gasteiger partial charge on any atom is -0.307 e. The maximum absolute atomic E-state index is 4.02. The molecule has 110 valence electrons. The Labute approximate surface area is 124 Å². The highest BCUT2D eigenvalue weighted by Gasteiger charge is 2.33. The van der Waals surface area contributed by atoms with Crippen molar-refractivity contribution in [3.8, 4) is 0 Å². The predicted molar refractivity (Wildman–Crippen MR) is 85.7 cm³/mol. The van der Waals surface area contributed by atoms with Crippen LogP contribution in [0.4, 0.5) is 0 Å². The Morgan fingerprint density at radius 1 is 1.00 bits per heavy atom. The summed E-state index contributed by atoms with van der Waals surface area (Å²) in [5.74, 6) is 1.88. The Morgan fingerprint density at radius 2 is 1.80 bits per heavy atom. The molecule has 2 aliphatic rings. The Kier molecular flexibility index (Phi) is 4.77. The van der Waals surface area contributed by atoms with Gasteiger partial charge in [-0.1, -0.05) is 56.5 Å². The van der Waals surface area contributed by atoms with E-state index in [0.717, 1.165) is 17.9 Å². The van der Waals surface area contributed by atoms with Crippen molar-refractivity contribution in [3.63, 3.8) is 0 Å². The molecule has 1 aromatic rings. The molecule has 1 N–H and O–H groups in total. The molecule has 2 fully saturated rings. The lowest BCUT2D eigenvalue weighted by Crippen LogP contribution is -2.33. The zero-order valence-corrected chi connectivity index (χ0v) is 12.9. The van der Waals surface area contributed by atoms with Crippen molar-refractivity contribution in [1.29, 1.82) is 0 Å². The van der Waals surface area contributed by atoms with Crippen molar-refractivity contribution in [1.82, 2.24) is 5.32 Å². The first-order chi connectivity index (χ1) is 9.86. The molecule has 0 aliphatic heterocycles. The highest BCUT2D eigenvalue weighted by molar-refractivity contribution is 5.21. The normalized spacial score (nSPS) is 28.9. The van der Waals surface area contributed by atoms with Gasteiger partial charge < -0.3 is 5.32 Å². The van der Waals surface area contributed by atoms with Gasteiger partial charge in [-0.05, 0) is 49.5 Å². The first kappa shape index (κ1) is 14.1. The second-order valence-electron chi connectivity index (χ2n) is 6.87. The summed E-state index contributed by atoms with van der Waals surface area (Å²) < 4.78 is 0. The number of rotatable bonds is 5. The van der Waals surface area contributed by atoms with Crippen molar-refractivity contribution in [3.05, 3.63) is 35.9 Å². The Bertz CT molecular complexity index is 395. The summed E-state index contributed by atoms with van der Waals surface area (Å²) in [7, 11) is 0.